The Bertz CT molecular complexity index is 379. The quantitative estimate of drug-likeness (QED) is 0.767. The molecule has 0 bridgehead atoms. The van der Waals surface area contributed by atoms with Crippen LogP contribution in [-0.2, 0) is 4.79 Å². The average molecular weight is 235 g/mol. The first-order valence-electron chi connectivity index (χ1n) is 5.91. The van der Waals surface area contributed by atoms with Gasteiger partial charge in [-0.2, -0.15) is 0 Å². The lowest BCUT2D eigenvalue weighted by Crippen LogP contribution is -2.40. The summed E-state index contributed by atoms with van der Waals surface area (Å²) < 4.78 is 0. The van der Waals surface area contributed by atoms with E-state index in [2.05, 4.69) is 12.2 Å². The summed E-state index contributed by atoms with van der Waals surface area (Å²) >= 11 is 0. The van der Waals surface area contributed by atoms with E-state index in [-0.39, 0.29) is 11.9 Å². The fourth-order valence-electron chi connectivity index (χ4n) is 1.59. The molecule has 0 spiro atoms. The Morgan fingerprint density at radius 1 is 1.47 bits per heavy atom. The van der Waals surface area contributed by atoms with Gasteiger partial charge in [0.05, 0.1) is 17.4 Å². The van der Waals surface area contributed by atoms with Crippen LogP contribution in [0.25, 0.3) is 0 Å². The Hall–Kier alpha value is -1.55. The summed E-state index contributed by atoms with van der Waals surface area (Å²) in [5.74, 6) is -0.0288. The Morgan fingerprint density at radius 2 is 2.12 bits per heavy atom. The third kappa shape index (κ3) is 3.75. The maximum absolute atomic E-state index is 12.0. The third-order valence-electron chi connectivity index (χ3n) is 2.84. The molecule has 1 rings (SSSR count). The number of benzene rings is 1. The fraction of sp³-hybridized carbons (Fsp3) is 0.462. The highest BCUT2D eigenvalue weighted by Gasteiger charge is 2.17. The van der Waals surface area contributed by atoms with Gasteiger partial charge in [-0.05, 0) is 39.1 Å². The topological polar surface area (TPSA) is 58.4 Å². The van der Waals surface area contributed by atoms with Crippen molar-refractivity contribution in [1.29, 1.82) is 0 Å². The molecule has 0 saturated carbocycles. The van der Waals surface area contributed by atoms with Crippen LogP contribution in [0.5, 0.6) is 0 Å². The monoisotopic (exact) mass is 235 g/mol. The van der Waals surface area contributed by atoms with Crippen molar-refractivity contribution in [3.05, 3.63) is 24.3 Å². The summed E-state index contributed by atoms with van der Waals surface area (Å²) in [6.45, 7) is 4.89. The number of likely N-dealkylation sites (N-methyl/N-ethyl adjacent to an activating group) is 1. The molecule has 0 fully saturated rings. The number of nitrogens with two attached hydrogens (primary N) is 1. The molecule has 0 saturated heterocycles. The van der Waals surface area contributed by atoms with Crippen LogP contribution < -0.4 is 11.1 Å². The number of nitrogens with one attached hydrogen (secondary N) is 1. The first kappa shape index (κ1) is 13.5. The van der Waals surface area contributed by atoms with Crippen LogP contribution in [0.3, 0.4) is 0 Å². The van der Waals surface area contributed by atoms with E-state index in [9.17, 15) is 4.79 Å². The lowest BCUT2D eigenvalue weighted by molar-refractivity contribution is -0.120. The molecule has 0 heterocycles. The maximum atomic E-state index is 12.0. The number of rotatable bonds is 5. The molecule has 17 heavy (non-hydrogen) atoms. The molecule has 94 valence electrons. The Balaban J connectivity index is 2.63. The van der Waals surface area contributed by atoms with Crippen LogP contribution in [0.2, 0.25) is 0 Å². The molecule has 0 radical (unpaired) electrons. The van der Waals surface area contributed by atoms with E-state index in [1.807, 2.05) is 31.0 Å². The molecule has 1 atom stereocenters. The van der Waals surface area contributed by atoms with Crippen molar-refractivity contribution in [3.63, 3.8) is 0 Å². The lowest BCUT2D eigenvalue weighted by Gasteiger charge is -2.23. The number of anilines is 2. The molecule has 1 amide bonds. The van der Waals surface area contributed by atoms with Crippen LogP contribution in [0.15, 0.2) is 24.3 Å². The van der Waals surface area contributed by atoms with Crippen molar-refractivity contribution in [2.75, 3.05) is 24.6 Å². The minimum atomic E-state index is -0.158. The zero-order valence-electron chi connectivity index (χ0n) is 10.7. The average Bonchev–Trinajstić information content (AvgIpc) is 2.31. The number of carbonyl (C=O) groups excluding carboxylic acids is 1. The Morgan fingerprint density at radius 3 is 2.71 bits per heavy atom. The molecular weight excluding hydrogens is 214 g/mol. The van der Waals surface area contributed by atoms with Gasteiger partial charge >= 0.3 is 0 Å². The third-order valence-corrected chi connectivity index (χ3v) is 2.84. The van der Waals surface area contributed by atoms with E-state index in [0.717, 1.165) is 13.0 Å². The summed E-state index contributed by atoms with van der Waals surface area (Å²) in [5, 5.41) is 2.84. The molecule has 4 nitrogen and oxygen atoms in total. The summed E-state index contributed by atoms with van der Waals surface area (Å²) in [4.78, 5) is 14.0. The molecular formula is C13H21N3O. The molecule has 0 aliphatic rings. The first-order chi connectivity index (χ1) is 8.06. The second-order valence-electron chi connectivity index (χ2n) is 4.23. The molecule has 0 aliphatic carbocycles. The summed E-state index contributed by atoms with van der Waals surface area (Å²) in [5.41, 5.74) is 7.04. The molecule has 1 unspecified atom stereocenters. The predicted octanol–water partition coefficient (Wildman–Crippen LogP) is 1.94. The molecule has 0 aromatic heterocycles. The number of nitrogens with zero attached hydrogens (tertiary/aromatic N) is 1. The van der Waals surface area contributed by atoms with Crippen molar-refractivity contribution in [1.82, 2.24) is 4.90 Å². The van der Waals surface area contributed by atoms with E-state index in [1.54, 1.807) is 12.1 Å². The number of hydrogen-bond donors (Lipinski definition) is 2. The van der Waals surface area contributed by atoms with Gasteiger partial charge in [-0.15, -0.1) is 0 Å². The first-order valence-corrected chi connectivity index (χ1v) is 5.91. The van der Waals surface area contributed by atoms with E-state index < -0.39 is 0 Å². The van der Waals surface area contributed by atoms with Crippen LogP contribution >= 0.6 is 0 Å². The fourth-order valence-corrected chi connectivity index (χ4v) is 1.59. The zero-order valence-corrected chi connectivity index (χ0v) is 10.7. The van der Waals surface area contributed by atoms with Crippen molar-refractivity contribution >= 4 is 17.3 Å². The number of amides is 1. The maximum Gasteiger partial charge on any atom is 0.241 e. The van der Waals surface area contributed by atoms with E-state index in [1.165, 1.54) is 0 Å². The van der Waals surface area contributed by atoms with Gasteiger partial charge < -0.3 is 11.1 Å². The van der Waals surface area contributed by atoms with Crippen molar-refractivity contribution in [3.8, 4) is 0 Å². The second-order valence-corrected chi connectivity index (χ2v) is 4.23. The molecule has 3 N–H and O–H groups in total. The van der Waals surface area contributed by atoms with Gasteiger partial charge in [0.2, 0.25) is 5.91 Å². The van der Waals surface area contributed by atoms with Crippen molar-refractivity contribution < 1.29 is 4.79 Å². The molecule has 0 aliphatic heterocycles. The SMILES string of the molecule is CCCN(C)C(C)C(=O)Nc1ccccc1N. The number of carbonyl (C=O) groups is 1. The van der Waals surface area contributed by atoms with Gasteiger partial charge in [0.1, 0.15) is 0 Å². The molecule has 4 heteroatoms. The Labute approximate surface area is 103 Å². The van der Waals surface area contributed by atoms with Gasteiger partial charge in [0.15, 0.2) is 0 Å². The minimum absolute atomic E-state index is 0.0288. The normalized spacial score (nSPS) is 12.5. The Kier molecular flexibility index (Phi) is 4.97. The summed E-state index contributed by atoms with van der Waals surface area (Å²) in [6, 6.07) is 7.12. The largest absolute Gasteiger partial charge is 0.397 e. The highest BCUT2D eigenvalue weighted by Crippen LogP contribution is 2.17. The molecule has 1 aromatic carbocycles. The van der Waals surface area contributed by atoms with Gasteiger partial charge in [0.25, 0.3) is 0 Å². The number of hydrogen-bond acceptors (Lipinski definition) is 3. The van der Waals surface area contributed by atoms with Crippen LogP contribution in [0.1, 0.15) is 20.3 Å². The van der Waals surface area contributed by atoms with Crippen LogP contribution in [-0.4, -0.2) is 30.4 Å². The number of nitrogen functional groups attached to an aromatic ring is 1. The van der Waals surface area contributed by atoms with Gasteiger partial charge in [-0.3, -0.25) is 9.69 Å². The van der Waals surface area contributed by atoms with Gasteiger partial charge in [-0.25, -0.2) is 0 Å². The minimum Gasteiger partial charge on any atom is -0.397 e. The molecule has 1 aromatic rings. The van der Waals surface area contributed by atoms with Gasteiger partial charge in [0, 0.05) is 0 Å². The van der Waals surface area contributed by atoms with Crippen LogP contribution in [0, 0.1) is 0 Å². The van der Waals surface area contributed by atoms with Crippen molar-refractivity contribution in [2.45, 2.75) is 26.3 Å². The lowest BCUT2D eigenvalue weighted by atomic mass is 10.2. The van der Waals surface area contributed by atoms with Gasteiger partial charge in [-0.1, -0.05) is 19.1 Å². The highest BCUT2D eigenvalue weighted by atomic mass is 16.2. The summed E-state index contributed by atoms with van der Waals surface area (Å²) in [7, 11) is 1.95. The smallest absolute Gasteiger partial charge is 0.241 e. The van der Waals surface area contributed by atoms with Crippen LogP contribution in [0.4, 0.5) is 11.4 Å². The van der Waals surface area contributed by atoms with E-state index >= 15 is 0 Å². The van der Waals surface area contributed by atoms with E-state index in [0.29, 0.717) is 11.4 Å². The van der Waals surface area contributed by atoms with Crippen molar-refractivity contribution in [2.24, 2.45) is 0 Å². The zero-order chi connectivity index (χ0) is 12.8. The van der Waals surface area contributed by atoms with E-state index in [4.69, 9.17) is 5.73 Å². The summed E-state index contributed by atoms with van der Waals surface area (Å²) in [6.07, 6.45) is 1.03. The standard InChI is InChI=1S/C13H21N3O/c1-4-9-16(3)10(2)13(17)15-12-8-6-5-7-11(12)14/h5-8,10H,4,9,14H2,1-3H3,(H,15,17). The number of para-hydroxylation sites is 2. The second kappa shape index (κ2) is 6.25. The predicted molar refractivity (Wildman–Crippen MR) is 71.9 cm³/mol. The highest BCUT2D eigenvalue weighted by molar-refractivity contribution is 5.96.